The fraction of sp³-hybridized carbons (Fsp3) is 0.238. The Morgan fingerprint density at radius 2 is 1.92 bits per heavy atom. The van der Waals surface area contributed by atoms with Crippen molar-refractivity contribution in [2.45, 2.75) is 12.6 Å². The van der Waals surface area contributed by atoms with Gasteiger partial charge in [-0.15, -0.1) is 0 Å². The summed E-state index contributed by atoms with van der Waals surface area (Å²) in [6.07, 6.45) is 1.94. The van der Waals surface area contributed by atoms with Gasteiger partial charge in [-0.1, -0.05) is 48.5 Å². The Labute approximate surface area is 157 Å². The maximum atomic E-state index is 13.2. The first kappa shape index (κ1) is 16.7. The van der Waals surface area contributed by atoms with Crippen LogP contribution in [-0.2, 0) is 6.54 Å². The number of aromatic nitrogens is 1. The highest BCUT2D eigenvalue weighted by Crippen LogP contribution is 2.26. The number of nitriles is 1. The summed E-state index contributed by atoms with van der Waals surface area (Å²) in [5.41, 5.74) is 2.92. The SMILES string of the molecule is N#CC1CSCCN1C(=O)c1cn(Cc2ccccc2)c2ccccc12. The van der Waals surface area contributed by atoms with Crippen LogP contribution in [0.5, 0.6) is 0 Å². The number of fused-ring (bicyclic) bond motifs is 1. The third-order valence-electron chi connectivity index (χ3n) is 4.75. The molecule has 1 aliphatic heterocycles. The number of benzene rings is 2. The number of amides is 1. The van der Waals surface area contributed by atoms with Crippen molar-refractivity contribution >= 4 is 28.6 Å². The predicted octanol–water partition coefficient (Wildman–Crippen LogP) is 3.77. The van der Waals surface area contributed by atoms with Crippen LogP contribution in [0.2, 0.25) is 0 Å². The van der Waals surface area contributed by atoms with E-state index >= 15 is 0 Å². The fourth-order valence-corrected chi connectivity index (χ4v) is 4.41. The van der Waals surface area contributed by atoms with Gasteiger partial charge >= 0.3 is 0 Å². The highest BCUT2D eigenvalue weighted by atomic mass is 32.2. The van der Waals surface area contributed by atoms with E-state index in [1.54, 1.807) is 16.7 Å². The Hall–Kier alpha value is -2.71. The van der Waals surface area contributed by atoms with Crippen LogP contribution in [-0.4, -0.2) is 39.5 Å². The van der Waals surface area contributed by atoms with Crippen molar-refractivity contribution in [1.82, 2.24) is 9.47 Å². The second-order valence-electron chi connectivity index (χ2n) is 6.39. The van der Waals surface area contributed by atoms with Crippen molar-refractivity contribution in [2.24, 2.45) is 0 Å². The number of para-hydroxylation sites is 1. The molecule has 4 rings (SSSR count). The Balaban J connectivity index is 1.74. The van der Waals surface area contributed by atoms with Gasteiger partial charge in [0.05, 0.1) is 11.6 Å². The van der Waals surface area contributed by atoms with E-state index in [0.717, 1.165) is 16.7 Å². The molecule has 1 saturated heterocycles. The van der Waals surface area contributed by atoms with Gasteiger partial charge in [0.25, 0.3) is 5.91 Å². The summed E-state index contributed by atoms with van der Waals surface area (Å²) >= 11 is 1.73. The van der Waals surface area contributed by atoms with Crippen molar-refractivity contribution in [3.8, 4) is 6.07 Å². The van der Waals surface area contributed by atoms with Crippen LogP contribution >= 0.6 is 11.8 Å². The fourth-order valence-electron chi connectivity index (χ4n) is 3.44. The maximum absolute atomic E-state index is 13.2. The van der Waals surface area contributed by atoms with E-state index in [4.69, 9.17) is 0 Å². The van der Waals surface area contributed by atoms with E-state index in [0.29, 0.717) is 24.4 Å². The van der Waals surface area contributed by atoms with Gasteiger partial charge in [0, 0.05) is 41.7 Å². The Bertz CT molecular complexity index is 974. The molecule has 0 saturated carbocycles. The lowest BCUT2D eigenvalue weighted by molar-refractivity contribution is 0.0739. The molecule has 0 aliphatic carbocycles. The van der Waals surface area contributed by atoms with Gasteiger partial charge in [-0.3, -0.25) is 4.79 Å². The molecule has 2 aromatic carbocycles. The van der Waals surface area contributed by atoms with Crippen molar-refractivity contribution in [3.63, 3.8) is 0 Å². The molecule has 0 bridgehead atoms. The van der Waals surface area contributed by atoms with Gasteiger partial charge in [-0.2, -0.15) is 17.0 Å². The summed E-state index contributed by atoms with van der Waals surface area (Å²) in [6, 6.07) is 20.1. The van der Waals surface area contributed by atoms with Gasteiger partial charge in [0.1, 0.15) is 6.04 Å². The molecule has 26 heavy (non-hydrogen) atoms. The number of nitrogens with zero attached hydrogens (tertiary/aromatic N) is 3. The topological polar surface area (TPSA) is 49.0 Å². The van der Waals surface area contributed by atoms with Gasteiger partial charge < -0.3 is 9.47 Å². The average Bonchev–Trinajstić information content (AvgIpc) is 3.07. The van der Waals surface area contributed by atoms with Crippen molar-refractivity contribution in [1.29, 1.82) is 5.26 Å². The molecule has 130 valence electrons. The first-order chi connectivity index (χ1) is 12.8. The molecule has 5 heteroatoms. The molecule has 4 nitrogen and oxygen atoms in total. The summed E-state index contributed by atoms with van der Waals surface area (Å²) in [4.78, 5) is 14.9. The second-order valence-corrected chi connectivity index (χ2v) is 7.54. The van der Waals surface area contributed by atoms with E-state index in [1.807, 2.05) is 48.7 Å². The molecule has 0 spiro atoms. The van der Waals surface area contributed by atoms with Crippen LogP contribution in [0.15, 0.2) is 60.8 Å². The van der Waals surface area contributed by atoms with Crippen LogP contribution in [0.4, 0.5) is 0 Å². The summed E-state index contributed by atoms with van der Waals surface area (Å²) in [7, 11) is 0. The van der Waals surface area contributed by atoms with Gasteiger partial charge in [0.15, 0.2) is 0 Å². The summed E-state index contributed by atoms with van der Waals surface area (Å²) in [5.74, 6) is 1.53. The number of hydrogen-bond donors (Lipinski definition) is 0. The van der Waals surface area contributed by atoms with Crippen LogP contribution in [0.1, 0.15) is 15.9 Å². The third kappa shape index (κ3) is 3.09. The summed E-state index contributed by atoms with van der Waals surface area (Å²) < 4.78 is 2.12. The molecule has 1 fully saturated rings. The first-order valence-corrected chi connectivity index (χ1v) is 9.83. The van der Waals surface area contributed by atoms with Crippen LogP contribution in [0.3, 0.4) is 0 Å². The molecular formula is C21H19N3OS. The largest absolute Gasteiger partial charge is 0.342 e. The Morgan fingerprint density at radius 1 is 1.15 bits per heavy atom. The minimum absolute atomic E-state index is 0.0418. The van der Waals surface area contributed by atoms with Crippen LogP contribution in [0, 0.1) is 11.3 Å². The lowest BCUT2D eigenvalue weighted by Crippen LogP contribution is -2.45. The van der Waals surface area contributed by atoms with Crippen molar-refractivity contribution in [2.75, 3.05) is 18.1 Å². The van der Waals surface area contributed by atoms with E-state index in [1.165, 1.54) is 5.56 Å². The highest BCUT2D eigenvalue weighted by molar-refractivity contribution is 7.99. The lowest BCUT2D eigenvalue weighted by atomic mass is 10.1. The summed E-state index contributed by atoms with van der Waals surface area (Å²) in [5, 5.41) is 10.4. The van der Waals surface area contributed by atoms with Crippen LogP contribution in [0.25, 0.3) is 10.9 Å². The quantitative estimate of drug-likeness (QED) is 0.713. The monoisotopic (exact) mass is 361 g/mol. The number of carbonyl (C=O) groups excluding carboxylic acids is 1. The molecule has 1 unspecified atom stereocenters. The zero-order valence-corrected chi connectivity index (χ0v) is 15.2. The first-order valence-electron chi connectivity index (χ1n) is 8.68. The minimum atomic E-state index is -0.350. The molecular weight excluding hydrogens is 342 g/mol. The van der Waals surface area contributed by atoms with Crippen LogP contribution < -0.4 is 0 Å². The van der Waals surface area contributed by atoms with Gasteiger partial charge in [-0.25, -0.2) is 0 Å². The van der Waals surface area contributed by atoms with Crippen molar-refractivity contribution < 1.29 is 4.79 Å². The highest BCUT2D eigenvalue weighted by Gasteiger charge is 2.29. The van der Waals surface area contributed by atoms with E-state index in [2.05, 4.69) is 22.8 Å². The molecule has 3 aromatic rings. The second kappa shape index (κ2) is 7.27. The number of rotatable bonds is 3. The van der Waals surface area contributed by atoms with Crippen molar-refractivity contribution in [3.05, 3.63) is 71.9 Å². The standard InChI is InChI=1S/C21H19N3OS/c22-12-17-15-26-11-10-24(17)21(25)19-14-23(13-16-6-2-1-3-7-16)20-9-5-4-8-18(19)20/h1-9,14,17H,10-11,13,15H2. The summed E-state index contributed by atoms with van der Waals surface area (Å²) in [6.45, 7) is 1.34. The molecule has 0 radical (unpaired) electrons. The smallest absolute Gasteiger partial charge is 0.257 e. The third-order valence-corrected chi connectivity index (χ3v) is 5.78. The number of thioether (sulfide) groups is 1. The van der Waals surface area contributed by atoms with Gasteiger partial charge in [0.2, 0.25) is 0 Å². The lowest BCUT2D eigenvalue weighted by Gasteiger charge is -2.30. The molecule has 1 atom stereocenters. The number of carbonyl (C=O) groups is 1. The molecule has 1 aliphatic rings. The number of hydrogen-bond acceptors (Lipinski definition) is 3. The molecule has 0 N–H and O–H groups in total. The Morgan fingerprint density at radius 3 is 2.73 bits per heavy atom. The normalized spacial score (nSPS) is 17.2. The zero-order chi connectivity index (χ0) is 17.9. The van der Waals surface area contributed by atoms with E-state index < -0.39 is 0 Å². The average molecular weight is 361 g/mol. The Kier molecular flexibility index (Phi) is 4.68. The van der Waals surface area contributed by atoms with E-state index in [-0.39, 0.29) is 11.9 Å². The minimum Gasteiger partial charge on any atom is -0.342 e. The molecule has 2 heterocycles. The zero-order valence-electron chi connectivity index (χ0n) is 14.3. The predicted molar refractivity (Wildman–Crippen MR) is 105 cm³/mol. The molecule has 1 aromatic heterocycles. The van der Waals surface area contributed by atoms with Gasteiger partial charge in [-0.05, 0) is 11.6 Å². The maximum Gasteiger partial charge on any atom is 0.257 e. The van der Waals surface area contributed by atoms with E-state index in [9.17, 15) is 10.1 Å². The molecule has 1 amide bonds.